The first-order valence-corrected chi connectivity index (χ1v) is 5.72. The van der Waals surface area contributed by atoms with Crippen LogP contribution in [0.2, 0.25) is 0 Å². The van der Waals surface area contributed by atoms with Crippen LogP contribution in [-0.4, -0.2) is 10.9 Å². The maximum atomic E-state index is 12.1. The summed E-state index contributed by atoms with van der Waals surface area (Å²) in [5.74, 6) is 0.352. The van der Waals surface area contributed by atoms with Crippen LogP contribution < -0.4 is 11.1 Å². The Balaban J connectivity index is 2.19. The molecule has 0 aliphatic rings. The van der Waals surface area contributed by atoms with Gasteiger partial charge >= 0.3 is 0 Å². The zero-order chi connectivity index (χ0) is 13.0. The van der Waals surface area contributed by atoms with Gasteiger partial charge in [-0.2, -0.15) is 0 Å². The first-order chi connectivity index (χ1) is 8.70. The molecule has 0 spiro atoms. The van der Waals surface area contributed by atoms with E-state index in [0.29, 0.717) is 17.9 Å². The van der Waals surface area contributed by atoms with Crippen LogP contribution in [-0.2, 0) is 6.54 Å². The predicted octanol–water partition coefficient (Wildman–Crippen LogP) is 2.10. The van der Waals surface area contributed by atoms with Crippen molar-refractivity contribution in [2.24, 2.45) is 5.73 Å². The monoisotopic (exact) mass is 241 g/mol. The van der Waals surface area contributed by atoms with E-state index in [1.165, 1.54) is 0 Å². The molecule has 1 aromatic carbocycles. The predicted molar refractivity (Wildman–Crippen MR) is 71.3 cm³/mol. The third-order valence-electron chi connectivity index (χ3n) is 2.63. The van der Waals surface area contributed by atoms with Crippen LogP contribution in [0.25, 0.3) is 0 Å². The second-order valence-electron chi connectivity index (χ2n) is 4.04. The molecule has 18 heavy (non-hydrogen) atoms. The van der Waals surface area contributed by atoms with E-state index in [9.17, 15) is 4.79 Å². The van der Waals surface area contributed by atoms with E-state index in [1.807, 2.05) is 31.2 Å². The Hall–Kier alpha value is -2.20. The third kappa shape index (κ3) is 2.73. The van der Waals surface area contributed by atoms with Gasteiger partial charge in [-0.15, -0.1) is 0 Å². The number of rotatable bonds is 3. The highest BCUT2D eigenvalue weighted by molar-refractivity contribution is 6.04. The van der Waals surface area contributed by atoms with Gasteiger partial charge in [0.25, 0.3) is 5.91 Å². The van der Waals surface area contributed by atoms with Crippen molar-refractivity contribution >= 4 is 11.7 Å². The van der Waals surface area contributed by atoms with E-state index in [0.717, 1.165) is 11.1 Å². The summed E-state index contributed by atoms with van der Waals surface area (Å²) >= 11 is 0. The van der Waals surface area contributed by atoms with Crippen molar-refractivity contribution in [3.8, 4) is 0 Å². The standard InChI is InChI=1S/C14H15N3O/c1-10-6-7-13(16-9-10)17-14(18)12-5-3-2-4-11(12)8-15/h2-7,9H,8,15H2,1H3,(H,16,17,18). The van der Waals surface area contributed by atoms with Gasteiger partial charge in [0.05, 0.1) is 0 Å². The van der Waals surface area contributed by atoms with Gasteiger partial charge in [-0.1, -0.05) is 24.3 Å². The summed E-state index contributed by atoms with van der Waals surface area (Å²) in [5, 5.41) is 2.75. The number of hydrogen-bond acceptors (Lipinski definition) is 3. The largest absolute Gasteiger partial charge is 0.326 e. The Morgan fingerprint density at radius 3 is 2.72 bits per heavy atom. The summed E-state index contributed by atoms with van der Waals surface area (Å²) in [7, 11) is 0. The molecule has 1 aromatic heterocycles. The smallest absolute Gasteiger partial charge is 0.257 e. The second-order valence-corrected chi connectivity index (χ2v) is 4.04. The number of nitrogens with zero attached hydrogens (tertiary/aromatic N) is 1. The minimum atomic E-state index is -0.188. The summed E-state index contributed by atoms with van der Waals surface area (Å²) in [6.07, 6.45) is 1.71. The molecule has 0 bridgehead atoms. The number of amides is 1. The Morgan fingerprint density at radius 2 is 2.06 bits per heavy atom. The Bertz CT molecular complexity index is 549. The molecule has 0 atom stereocenters. The number of hydrogen-bond donors (Lipinski definition) is 2. The summed E-state index contributed by atoms with van der Waals surface area (Å²) in [6.45, 7) is 2.28. The maximum absolute atomic E-state index is 12.1. The number of anilines is 1. The van der Waals surface area contributed by atoms with E-state index in [4.69, 9.17) is 5.73 Å². The molecule has 0 aliphatic heterocycles. The molecule has 0 saturated carbocycles. The van der Waals surface area contributed by atoms with Gasteiger partial charge in [-0.05, 0) is 30.2 Å². The normalized spacial score (nSPS) is 10.1. The minimum absolute atomic E-state index is 0.188. The van der Waals surface area contributed by atoms with Crippen molar-refractivity contribution in [2.75, 3.05) is 5.32 Å². The van der Waals surface area contributed by atoms with Crippen molar-refractivity contribution in [1.29, 1.82) is 0 Å². The Kier molecular flexibility index (Phi) is 3.69. The SMILES string of the molecule is Cc1ccc(NC(=O)c2ccccc2CN)nc1. The number of pyridine rings is 1. The molecule has 0 fully saturated rings. The van der Waals surface area contributed by atoms with Crippen LogP contribution in [0.15, 0.2) is 42.6 Å². The van der Waals surface area contributed by atoms with Crippen molar-refractivity contribution in [3.05, 3.63) is 59.3 Å². The molecule has 1 heterocycles. The van der Waals surface area contributed by atoms with Crippen molar-refractivity contribution < 1.29 is 4.79 Å². The Morgan fingerprint density at radius 1 is 1.28 bits per heavy atom. The van der Waals surface area contributed by atoms with E-state index in [2.05, 4.69) is 10.3 Å². The zero-order valence-electron chi connectivity index (χ0n) is 10.2. The lowest BCUT2D eigenvalue weighted by atomic mass is 10.1. The average Bonchev–Trinajstić information content (AvgIpc) is 2.41. The van der Waals surface area contributed by atoms with Crippen molar-refractivity contribution in [1.82, 2.24) is 4.98 Å². The number of nitrogens with two attached hydrogens (primary N) is 1. The highest BCUT2D eigenvalue weighted by Crippen LogP contribution is 2.11. The number of carbonyl (C=O) groups excluding carboxylic acids is 1. The molecule has 92 valence electrons. The Labute approximate surface area is 106 Å². The van der Waals surface area contributed by atoms with E-state index < -0.39 is 0 Å². The van der Waals surface area contributed by atoms with Crippen LogP contribution in [0.4, 0.5) is 5.82 Å². The molecule has 3 N–H and O–H groups in total. The van der Waals surface area contributed by atoms with E-state index in [-0.39, 0.29) is 5.91 Å². The van der Waals surface area contributed by atoms with Crippen LogP contribution in [0, 0.1) is 6.92 Å². The van der Waals surface area contributed by atoms with Crippen LogP contribution >= 0.6 is 0 Å². The molecule has 2 aromatic rings. The average molecular weight is 241 g/mol. The molecule has 4 heteroatoms. The number of benzene rings is 1. The highest BCUT2D eigenvalue weighted by Gasteiger charge is 2.10. The maximum Gasteiger partial charge on any atom is 0.257 e. The molecule has 4 nitrogen and oxygen atoms in total. The fraction of sp³-hybridized carbons (Fsp3) is 0.143. The molecule has 0 aliphatic carbocycles. The summed E-state index contributed by atoms with van der Waals surface area (Å²) in [6, 6.07) is 11.0. The molecular weight excluding hydrogens is 226 g/mol. The third-order valence-corrected chi connectivity index (χ3v) is 2.63. The van der Waals surface area contributed by atoms with Gasteiger partial charge in [-0.3, -0.25) is 4.79 Å². The van der Waals surface area contributed by atoms with Gasteiger partial charge in [0.1, 0.15) is 5.82 Å². The van der Waals surface area contributed by atoms with Gasteiger partial charge in [0.2, 0.25) is 0 Å². The molecular formula is C14H15N3O. The number of aromatic nitrogens is 1. The van der Waals surface area contributed by atoms with Gasteiger partial charge in [0.15, 0.2) is 0 Å². The number of nitrogens with one attached hydrogen (secondary N) is 1. The van der Waals surface area contributed by atoms with Crippen molar-refractivity contribution in [3.63, 3.8) is 0 Å². The number of aryl methyl sites for hydroxylation is 1. The quantitative estimate of drug-likeness (QED) is 0.864. The summed E-state index contributed by atoms with van der Waals surface area (Å²) < 4.78 is 0. The van der Waals surface area contributed by atoms with Crippen LogP contribution in [0.1, 0.15) is 21.5 Å². The molecule has 0 radical (unpaired) electrons. The zero-order valence-corrected chi connectivity index (χ0v) is 10.2. The highest BCUT2D eigenvalue weighted by atomic mass is 16.1. The minimum Gasteiger partial charge on any atom is -0.326 e. The molecule has 0 saturated heterocycles. The summed E-state index contributed by atoms with van der Waals surface area (Å²) in [5.41, 5.74) is 8.06. The van der Waals surface area contributed by atoms with Gasteiger partial charge < -0.3 is 11.1 Å². The van der Waals surface area contributed by atoms with E-state index in [1.54, 1.807) is 18.3 Å². The first-order valence-electron chi connectivity index (χ1n) is 5.72. The lowest BCUT2D eigenvalue weighted by molar-refractivity contribution is 0.102. The molecule has 2 rings (SSSR count). The fourth-order valence-corrected chi connectivity index (χ4v) is 1.65. The van der Waals surface area contributed by atoms with Crippen LogP contribution in [0.5, 0.6) is 0 Å². The lowest BCUT2D eigenvalue weighted by Gasteiger charge is -2.08. The molecule has 0 unspecified atom stereocenters. The van der Waals surface area contributed by atoms with Gasteiger partial charge in [0, 0.05) is 18.3 Å². The topological polar surface area (TPSA) is 68.0 Å². The van der Waals surface area contributed by atoms with Gasteiger partial charge in [-0.25, -0.2) is 4.98 Å². The second kappa shape index (κ2) is 5.42. The van der Waals surface area contributed by atoms with Crippen molar-refractivity contribution in [2.45, 2.75) is 13.5 Å². The fourth-order valence-electron chi connectivity index (χ4n) is 1.65. The number of carbonyl (C=O) groups is 1. The first kappa shape index (κ1) is 12.3. The molecule has 1 amide bonds. The lowest BCUT2D eigenvalue weighted by Crippen LogP contribution is -2.16. The van der Waals surface area contributed by atoms with E-state index >= 15 is 0 Å². The van der Waals surface area contributed by atoms with Crippen LogP contribution in [0.3, 0.4) is 0 Å². The summed E-state index contributed by atoms with van der Waals surface area (Å²) in [4.78, 5) is 16.2.